The van der Waals surface area contributed by atoms with Crippen LogP contribution in [0.1, 0.15) is 18.7 Å². The summed E-state index contributed by atoms with van der Waals surface area (Å²) in [4.78, 5) is 15.5. The van der Waals surface area contributed by atoms with E-state index >= 15 is 0 Å². The molecule has 1 aromatic rings. The van der Waals surface area contributed by atoms with E-state index in [0.29, 0.717) is 19.1 Å². The Morgan fingerprint density at radius 3 is 3.14 bits per heavy atom. The van der Waals surface area contributed by atoms with Crippen LogP contribution >= 0.6 is 0 Å². The normalized spacial score (nSPS) is 15.5. The van der Waals surface area contributed by atoms with Gasteiger partial charge in [-0.1, -0.05) is 0 Å². The lowest BCUT2D eigenvalue weighted by molar-refractivity contribution is -0.121. The van der Waals surface area contributed by atoms with E-state index in [9.17, 15) is 4.79 Å². The van der Waals surface area contributed by atoms with Crippen molar-refractivity contribution < 1.29 is 4.79 Å². The summed E-state index contributed by atoms with van der Waals surface area (Å²) in [6.45, 7) is 0.687. The summed E-state index contributed by atoms with van der Waals surface area (Å²) in [5, 5.41) is 2.92. The molecule has 0 saturated heterocycles. The predicted octanol–water partition coefficient (Wildman–Crippen LogP) is -0.380. The van der Waals surface area contributed by atoms with E-state index in [0.717, 1.165) is 18.7 Å². The van der Waals surface area contributed by atoms with E-state index in [1.807, 2.05) is 0 Å². The van der Waals surface area contributed by atoms with Gasteiger partial charge >= 0.3 is 0 Å². The monoisotopic (exact) mass is 194 g/mol. The zero-order valence-corrected chi connectivity index (χ0v) is 7.94. The van der Waals surface area contributed by atoms with Crippen LogP contribution in [0.25, 0.3) is 0 Å². The molecule has 1 aromatic heterocycles. The summed E-state index contributed by atoms with van der Waals surface area (Å²) in [7, 11) is 0. The van der Waals surface area contributed by atoms with E-state index in [2.05, 4.69) is 10.3 Å². The second kappa shape index (κ2) is 3.79. The third-order valence-electron chi connectivity index (χ3n) is 2.24. The highest BCUT2D eigenvalue weighted by atomic mass is 16.2. The molecule has 2 rings (SSSR count). The van der Waals surface area contributed by atoms with E-state index in [4.69, 9.17) is 5.73 Å². The van der Waals surface area contributed by atoms with Crippen LogP contribution in [0.3, 0.4) is 0 Å². The molecule has 14 heavy (non-hydrogen) atoms. The third kappa shape index (κ3) is 2.11. The predicted molar refractivity (Wildman–Crippen MR) is 51.3 cm³/mol. The van der Waals surface area contributed by atoms with Crippen LogP contribution < -0.4 is 11.1 Å². The van der Waals surface area contributed by atoms with E-state index in [-0.39, 0.29) is 5.91 Å². The van der Waals surface area contributed by atoms with Gasteiger partial charge in [0.1, 0.15) is 12.4 Å². The molecule has 76 valence electrons. The SMILES string of the molecule is NCc1nccn1CC(=O)NC1CC1. The third-order valence-corrected chi connectivity index (χ3v) is 2.24. The van der Waals surface area contributed by atoms with Crippen molar-refractivity contribution in [3.8, 4) is 0 Å². The number of carbonyl (C=O) groups is 1. The number of hydrogen-bond donors (Lipinski definition) is 2. The van der Waals surface area contributed by atoms with Gasteiger partial charge < -0.3 is 15.6 Å². The van der Waals surface area contributed by atoms with Crippen molar-refractivity contribution in [2.24, 2.45) is 5.73 Å². The summed E-state index contributed by atoms with van der Waals surface area (Å²) >= 11 is 0. The van der Waals surface area contributed by atoms with Crippen molar-refractivity contribution in [2.45, 2.75) is 32.0 Å². The van der Waals surface area contributed by atoms with Gasteiger partial charge in [0.05, 0.1) is 6.54 Å². The molecule has 1 fully saturated rings. The first-order chi connectivity index (χ1) is 6.79. The Balaban J connectivity index is 1.91. The topological polar surface area (TPSA) is 72.9 Å². The largest absolute Gasteiger partial charge is 0.352 e. The van der Waals surface area contributed by atoms with Crippen LogP contribution in [0.15, 0.2) is 12.4 Å². The maximum atomic E-state index is 11.4. The van der Waals surface area contributed by atoms with E-state index < -0.39 is 0 Å². The molecule has 0 unspecified atom stereocenters. The molecular weight excluding hydrogens is 180 g/mol. The maximum Gasteiger partial charge on any atom is 0.240 e. The van der Waals surface area contributed by atoms with Crippen LogP contribution in [0.5, 0.6) is 0 Å². The summed E-state index contributed by atoms with van der Waals surface area (Å²) in [6.07, 6.45) is 5.65. The molecule has 1 saturated carbocycles. The summed E-state index contributed by atoms with van der Waals surface area (Å²) in [5.41, 5.74) is 5.47. The Kier molecular flexibility index (Phi) is 2.49. The van der Waals surface area contributed by atoms with Gasteiger partial charge in [-0.2, -0.15) is 0 Å². The Labute approximate surface area is 82.3 Å². The first-order valence-electron chi connectivity index (χ1n) is 4.79. The first kappa shape index (κ1) is 9.21. The van der Waals surface area contributed by atoms with Crippen molar-refractivity contribution in [2.75, 3.05) is 0 Å². The number of amides is 1. The van der Waals surface area contributed by atoms with E-state index in [1.165, 1.54) is 0 Å². The number of rotatable bonds is 4. The van der Waals surface area contributed by atoms with Gasteiger partial charge in [0.2, 0.25) is 5.91 Å². The zero-order valence-electron chi connectivity index (χ0n) is 7.94. The lowest BCUT2D eigenvalue weighted by Gasteiger charge is -2.06. The van der Waals surface area contributed by atoms with Gasteiger partial charge in [0.15, 0.2) is 0 Å². The Morgan fingerprint density at radius 1 is 1.71 bits per heavy atom. The standard InChI is InChI=1S/C9H14N4O/c10-5-8-11-3-4-13(8)6-9(14)12-7-1-2-7/h3-4,7H,1-2,5-6,10H2,(H,12,14). The number of carbonyl (C=O) groups excluding carboxylic acids is 1. The van der Waals surface area contributed by atoms with Crippen LogP contribution in [0.4, 0.5) is 0 Å². The fourth-order valence-corrected chi connectivity index (χ4v) is 1.33. The maximum absolute atomic E-state index is 11.4. The van der Waals surface area contributed by atoms with Crippen LogP contribution in [0, 0.1) is 0 Å². The quantitative estimate of drug-likeness (QED) is 0.686. The van der Waals surface area contributed by atoms with Crippen LogP contribution in [0.2, 0.25) is 0 Å². The fourth-order valence-electron chi connectivity index (χ4n) is 1.33. The molecule has 0 bridgehead atoms. The molecule has 0 aromatic carbocycles. The molecule has 0 spiro atoms. The van der Waals surface area contributed by atoms with Crippen molar-refractivity contribution >= 4 is 5.91 Å². The van der Waals surface area contributed by atoms with Crippen LogP contribution in [-0.4, -0.2) is 21.5 Å². The molecule has 0 radical (unpaired) electrons. The number of imidazole rings is 1. The number of nitrogens with two attached hydrogens (primary N) is 1. The summed E-state index contributed by atoms with van der Waals surface area (Å²) in [5.74, 6) is 0.788. The molecule has 5 nitrogen and oxygen atoms in total. The average molecular weight is 194 g/mol. The first-order valence-corrected chi connectivity index (χ1v) is 4.79. The minimum Gasteiger partial charge on any atom is -0.352 e. The molecule has 1 amide bonds. The molecule has 1 aliphatic rings. The van der Waals surface area contributed by atoms with Gasteiger partial charge in [-0.25, -0.2) is 4.98 Å². The van der Waals surface area contributed by atoms with Gasteiger partial charge in [-0.15, -0.1) is 0 Å². The van der Waals surface area contributed by atoms with Crippen molar-refractivity contribution in [1.29, 1.82) is 0 Å². The molecule has 1 heterocycles. The lowest BCUT2D eigenvalue weighted by atomic mass is 10.5. The Hall–Kier alpha value is -1.36. The zero-order chi connectivity index (χ0) is 9.97. The Morgan fingerprint density at radius 2 is 2.50 bits per heavy atom. The molecule has 5 heteroatoms. The number of nitrogens with zero attached hydrogens (tertiary/aromatic N) is 2. The minimum absolute atomic E-state index is 0.0419. The van der Waals surface area contributed by atoms with Gasteiger partial charge in [0.25, 0.3) is 0 Å². The van der Waals surface area contributed by atoms with Gasteiger partial charge in [0, 0.05) is 18.4 Å². The molecule has 1 aliphatic carbocycles. The number of aromatic nitrogens is 2. The van der Waals surface area contributed by atoms with Crippen molar-refractivity contribution in [3.05, 3.63) is 18.2 Å². The molecule has 3 N–H and O–H groups in total. The van der Waals surface area contributed by atoms with Crippen molar-refractivity contribution in [1.82, 2.24) is 14.9 Å². The molecular formula is C9H14N4O. The van der Waals surface area contributed by atoms with Gasteiger partial charge in [-0.05, 0) is 12.8 Å². The van der Waals surface area contributed by atoms with Crippen molar-refractivity contribution in [3.63, 3.8) is 0 Å². The second-order valence-corrected chi connectivity index (χ2v) is 3.52. The van der Waals surface area contributed by atoms with E-state index in [1.54, 1.807) is 17.0 Å². The molecule has 0 aliphatic heterocycles. The smallest absolute Gasteiger partial charge is 0.240 e. The lowest BCUT2D eigenvalue weighted by Crippen LogP contribution is -2.29. The second-order valence-electron chi connectivity index (χ2n) is 3.52. The average Bonchev–Trinajstić information content (AvgIpc) is 2.84. The Bertz CT molecular complexity index is 329. The summed E-state index contributed by atoms with van der Waals surface area (Å²) < 4.78 is 1.78. The van der Waals surface area contributed by atoms with Gasteiger partial charge in [-0.3, -0.25) is 4.79 Å². The highest BCUT2D eigenvalue weighted by Crippen LogP contribution is 2.18. The fraction of sp³-hybridized carbons (Fsp3) is 0.556. The molecule has 0 atom stereocenters. The number of hydrogen-bond acceptors (Lipinski definition) is 3. The van der Waals surface area contributed by atoms with Crippen LogP contribution in [-0.2, 0) is 17.9 Å². The summed E-state index contributed by atoms with van der Waals surface area (Å²) in [6, 6.07) is 0.410. The minimum atomic E-state index is 0.0419. The highest BCUT2D eigenvalue weighted by molar-refractivity contribution is 5.76. The highest BCUT2D eigenvalue weighted by Gasteiger charge is 2.23. The number of nitrogens with one attached hydrogen (secondary N) is 1.